The maximum atomic E-state index is 11.4. The first kappa shape index (κ1) is 16.1. The molecule has 0 radical (unpaired) electrons. The van der Waals surface area contributed by atoms with E-state index in [1.54, 1.807) is 0 Å². The molecule has 0 aromatic rings. The van der Waals surface area contributed by atoms with Crippen LogP contribution < -0.4 is 0 Å². The lowest BCUT2D eigenvalue weighted by molar-refractivity contribution is -0.264. The van der Waals surface area contributed by atoms with Crippen molar-refractivity contribution in [2.24, 2.45) is 34.5 Å². The monoisotopic (exact) mass is 334 g/mol. The van der Waals surface area contributed by atoms with Crippen molar-refractivity contribution in [2.75, 3.05) is 13.2 Å². The van der Waals surface area contributed by atoms with Gasteiger partial charge in [0.25, 0.3) is 0 Å². The maximum Gasteiger partial charge on any atom is 0.174 e. The minimum atomic E-state index is -0.395. The Bertz CT molecular complexity index is 513. The fourth-order valence-electron chi connectivity index (χ4n) is 8.30. The van der Waals surface area contributed by atoms with Crippen LogP contribution in [-0.2, 0) is 9.47 Å². The number of hydrogen-bond acceptors (Lipinski definition) is 3. The molecule has 3 heteroatoms. The quantitative estimate of drug-likeness (QED) is 0.724. The average Bonchev–Trinajstić information content (AvgIpc) is 3.13. The Morgan fingerprint density at radius 2 is 1.71 bits per heavy atom. The summed E-state index contributed by atoms with van der Waals surface area (Å²) in [5.74, 6) is 2.30. The zero-order valence-electron chi connectivity index (χ0n) is 15.4. The van der Waals surface area contributed by atoms with Gasteiger partial charge in [0.1, 0.15) is 0 Å². The van der Waals surface area contributed by atoms with Crippen LogP contribution in [0.2, 0.25) is 0 Å². The van der Waals surface area contributed by atoms with E-state index < -0.39 is 5.79 Å². The van der Waals surface area contributed by atoms with Gasteiger partial charge in [-0.1, -0.05) is 26.7 Å². The van der Waals surface area contributed by atoms with Gasteiger partial charge >= 0.3 is 0 Å². The number of rotatable bonds is 0. The van der Waals surface area contributed by atoms with E-state index in [4.69, 9.17) is 9.47 Å². The molecule has 0 amide bonds. The third-order valence-corrected chi connectivity index (χ3v) is 9.31. The third-order valence-electron chi connectivity index (χ3n) is 9.31. The van der Waals surface area contributed by atoms with Crippen molar-refractivity contribution < 1.29 is 14.6 Å². The molecule has 7 atom stereocenters. The normalized spacial score (nSPS) is 55.9. The molecule has 4 saturated carbocycles. The van der Waals surface area contributed by atoms with Crippen molar-refractivity contribution >= 4 is 0 Å². The smallest absolute Gasteiger partial charge is 0.174 e. The first-order valence-corrected chi connectivity index (χ1v) is 10.5. The molecule has 0 aromatic heterocycles. The minimum absolute atomic E-state index is 0.00193. The Morgan fingerprint density at radius 1 is 0.917 bits per heavy atom. The van der Waals surface area contributed by atoms with Gasteiger partial charge in [-0.05, 0) is 67.6 Å². The lowest BCUT2D eigenvalue weighted by Gasteiger charge is -2.62. The van der Waals surface area contributed by atoms with Gasteiger partial charge in [0.2, 0.25) is 0 Å². The number of hydrogen-bond donors (Lipinski definition) is 1. The predicted octanol–water partition coefficient (Wildman–Crippen LogP) is 4.13. The second-order valence-electron chi connectivity index (χ2n) is 10.00. The van der Waals surface area contributed by atoms with Gasteiger partial charge in [-0.2, -0.15) is 0 Å². The van der Waals surface area contributed by atoms with E-state index in [0.717, 1.165) is 32.0 Å². The first-order valence-electron chi connectivity index (χ1n) is 10.5. The topological polar surface area (TPSA) is 38.7 Å². The molecule has 5 rings (SSSR count). The van der Waals surface area contributed by atoms with Gasteiger partial charge in [-0.15, -0.1) is 0 Å². The summed E-state index contributed by atoms with van der Waals surface area (Å²) in [5, 5.41) is 11.4. The fourth-order valence-corrected chi connectivity index (χ4v) is 8.30. The molecule has 5 aliphatic rings. The van der Waals surface area contributed by atoms with E-state index in [-0.39, 0.29) is 11.5 Å². The molecule has 5 fully saturated rings. The van der Waals surface area contributed by atoms with Crippen LogP contribution in [-0.4, -0.2) is 30.2 Å². The minimum Gasteiger partial charge on any atom is -0.393 e. The Balaban J connectivity index is 1.51. The van der Waals surface area contributed by atoms with Crippen LogP contribution in [0.25, 0.3) is 0 Å². The van der Waals surface area contributed by atoms with E-state index in [2.05, 4.69) is 13.8 Å². The summed E-state index contributed by atoms with van der Waals surface area (Å²) >= 11 is 0. The van der Waals surface area contributed by atoms with Crippen molar-refractivity contribution in [1.82, 2.24) is 0 Å². The van der Waals surface area contributed by atoms with Crippen molar-refractivity contribution in [1.29, 1.82) is 0 Å². The summed E-state index contributed by atoms with van der Waals surface area (Å²) in [6.07, 6.45) is 11.1. The molecule has 1 aliphatic heterocycles. The van der Waals surface area contributed by atoms with Crippen LogP contribution >= 0.6 is 0 Å². The van der Waals surface area contributed by atoms with Crippen molar-refractivity contribution in [3.8, 4) is 0 Å². The van der Waals surface area contributed by atoms with Crippen LogP contribution in [0.4, 0.5) is 0 Å². The predicted molar refractivity (Wildman–Crippen MR) is 92.4 cm³/mol. The van der Waals surface area contributed by atoms with E-state index in [1.165, 1.54) is 44.9 Å². The molecule has 3 nitrogen and oxygen atoms in total. The highest BCUT2D eigenvalue weighted by atomic mass is 16.7. The van der Waals surface area contributed by atoms with Crippen LogP contribution in [0, 0.1) is 34.5 Å². The van der Waals surface area contributed by atoms with Crippen LogP contribution in [0.1, 0.15) is 71.6 Å². The summed E-state index contributed by atoms with van der Waals surface area (Å²) in [6, 6.07) is 0. The average molecular weight is 335 g/mol. The molecule has 1 heterocycles. The SMILES string of the molecule is C[C@]12CC(O)C3C(CC[C@@H]4CCCC[C@]34C)C1CCC21OCCO1. The molecule has 4 aliphatic carbocycles. The Morgan fingerprint density at radius 3 is 2.50 bits per heavy atom. The zero-order valence-corrected chi connectivity index (χ0v) is 15.4. The Labute approximate surface area is 146 Å². The van der Waals surface area contributed by atoms with Gasteiger partial charge in [-0.25, -0.2) is 0 Å². The molecular formula is C21H34O3. The fraction of sp³-hybridized carbons (Fsp3) is 1.00. The van der Waals surface area contributed by atoms with E-state index in [9.17, 15) is 5.11 Å². The lowest BCUT2D eigenvalue weighted by Crippen LogP contribution is -2.61. The Kier molecular flexibility index (Phi) is 3.49. The summed E-state index contributed by atoms with van der Waals surface area (Å²) in [5.41, 5.74) is 0.372. The highest BCUT2D eigenvalue weighted by Gasteiger charge is 2.69. The number of aliphatic hydroxyl groups is 1. The summed E-state index contributed by atoms with van der Waals surface area (Å²) in [7, 11) is 0. The lowest BCUT2D eigenvalue weighted by atomic mass is 9.44. The van der Waals surface area contributed by atoms with Crippen LogP contribution in [0.15, 0.2) is 0 Å². The van der Waals surface area contributed by atoms with Gasteiger partial charge in [-0.3, -0.25) is 0 Å². The molecule has 1 N–H and O–H groups in total. The molecule has 1 saturated heterocycles. The molecule has 24 heavy (non-hydrogen) atoms. The molecule has 136 valence electrons. The number of fused-ring (bicyclic) bond motifs is 6. The van der Waals surface area contributed by atoms with E-state index in [0.29, 0.717) is 23.2 Å². The van der Waals surface area contributed by atoms with Gasteiger partial charge < -0.3 is 14.6 Å². The van der Waals surface area contributed by atoms with Crippen molar-refractivity contribution in [3.05, 3.63) is 0 Å². The van der Waals surface area contributed by atoms with E-state index in [1.807, 2.05) is 0 Å². The van der Waals surface area contributed by atoms with Crippen LogP contribution in [0.5, 0.6) is 0 Å². The Hall–Kier alpha value is -0.120. The highest BCUT2D eigenvalue weighted by Crippen LogP contribution is 2.69. The molecule has 0 aromatic carbocycles. The number of aliphatic hydroxyl groups excluding tert-OH is 1. The van der Waals surface area contributed by atoms with Gasteiger partial charge in [0.05, 0.1) is 19.3 Å². The summed E-state index contributed by atoms with van der Waals surface area (Å²) in [6.45, 7) is 6.34. The standard InChI is InChI=1S/C21H34O3/c1-19-9-4-3-5-14(19)6-7-15-16-8-10-21(23-11-12-24-21)20(16,2)13-17(22)18(15)19/h14-18,22H,3-13H2,1-2H3/t14-,15?,16?,17?,18?,19-,20-/m0/s1. The van der Waals surface area contributed by atoms with Gasteiger partial charge in [0, 0.05) is 11.8 Å². The first-order chi connectivity index (χ1) is 11.5. The maximum absolute atomic E-state index is 11.4. The van der Waals surface area contributed by atoms with Crippen molar-refractivity contribution in [3.63, 3.8) is 0 Å². The molecular weight excluding hydrogens is 300 g/mol. The van der Waals surface area contributed by atoms with Crippen molar-refractivity contribution in [2.45, 2.75) is 83.5 Å². The largest absolute Gasteiger partial charge is 0.393 e. The molecule has 4 unspecified atom stereocenters. The second kappa shape index (κ2) is 5.20. The van der Waals surface area contributed by atoms with Crippen LogP contribution in [0.3, 0.4) is 0 Å². The summed E-state index contributed by atoms with van der Waals surface area (Å²) < 4.78 is 12.4. The highest BCUT2D eigenvalue weighted by molar-refractivity contribution is 5.14. The molecule has 0 bridgehead atoms. The zero-order chi connectivity index (χ0) is 16.6. The van der Waals surface area contributed by atoms with E-state index >= 15 is 0 Å². The summed E-state index contributed by atoms with van der Waals surface area (Å²) in [4.78, 5) is 0. The second-order valence-corrected chi connectivity index (χ2v) is 10.00. The number of ether oxygens (including phenoxy) is 2. The van der Waals surface area contributed by atoms with Gasteiger partial charge in [0.15, 0.2) is 5.79 Å². The third kappa shape index (κ3) is 1.85. The molecule has 1 spiro atoms.